The maximum atomic E-state index is 13.5. The van der Waals surface area contributed by atoms with Gasteiger partial charge in [-0.2, -0.15) is 0 Å². The van der Waals surface area contributed by atoms with Crippen molar-refractivity contribution >= 4 is 28.7 Å². The fraction of sp³-hybridized carbons (Fsp3) is 0.320. The van der Waals surface area contributed by atoms with Crippen molar-refractivity contribution in [3.8, 4) is 16.2 Å². The normalized spacial score (nSPS) is 26.8. The SMILES string of the molecule is CC(=O)C1=C(O)C[C@@H]2C[C@@H]3Cc4c(-c5ccc(C)s5)ccc(O)c4C(=O)C3=C(O)[C@]2(O)C1=O. The zero-order valence-corrected chi connectivity index (χ0v) is 18.8. The molecule has 7 nitrogen and oxygen atoms in total. The number of thiophene rings is 1. The number of phenolic OH excluding ortho intramolecular Hbond substituents is 1. The Morgan fingerprint density at radius 1 is 1.09 bits per heavy atom. The van der Waals surface area contributed by atoms with Gasteiger partial charge in [-0.05, 0) is 68.0 Å². The van der Waals surface area contributed by atoms with Crippen molar-refractivity contribution in [2.75, 3.05) is 0 Å². The number of aliphatic hydroxyl groups is 3. The Morgan fingerprint density at radius 2 is 1.82 bits per heavy atom. The number of carbonyl (C=O) groups is 3. The maximum Gasteiger partial charge on any atom is 0.209 e. The van der Waals surface area contributed by atoms with Crippen LogP contribution in [0.1, 0.15) is 40.6 Å². The Labute approximate surface area is 193 Å². The summed E-state index contributed by atoms with van der Waals surface area (Å²) >= 11 is 1.56. The Morgan fingerprint density at radius 3 is 2.45 bits per heavy atom. The molecule has 170 valence electrons. The molecule has 1 aromatic carbocycles. The van der Waals surface area contributed by atoms with Crippen LogP contribution in [0, 0.1) is 18.8 Å². The van der Waals surface area contributed by atoms with Gasteiger partial charge in [-0.25, -0.2) is 0 Å². The molecule has 1 aromatic heterocycles. The lowest BCUT2D eigenvalue weighted by atomic mass is 9.60. The predicted octanol–water partition coefficient (Wildman–Crippen LogP) is 3.72. The second-order valence-corrected chi connectivity index (χ2v) is 10.3. The summed E-state index contributed by atoms with van der Waals surface area (Å²) < 4.78 is 0. The molecule has 4 N–H and O–H groups in total. The molecule has 1 heterocycles. The first-order valence-electron chi connectivity index (χ1n) is 10.7. The van der Waals surface area contributed by atoms with Gasteiger partial charge in [0, 0.05) is 27.7 Å². The quantitative estimate of drug-likeness (QED) is 0.496. The first-order valence-corrected chi connectivity index (χ1v) is 11.5. The molecular formula is C25H22O7S. The van der Waals surface area contributed by atoms with Crippen molar-refractivity contribution in [3.05, 3.63) is 62.9 Å². The number of Topliss-reactive ketones (excluding diaryl/α,β-unsaturated/α-hetero) is 3. The molecule has 3 aliphatic rings. The fourth-order valence-electron chi connectivity index (χ4n) is 5.54. The highest BCUT2D eigenvalue weighted by Gasteiger charge is 2.59. The number of benzene rings is 1. The molecule has 0 bridgehead atoms. The van der Waals surface area contributed by atoms with Crippen LogP contribution in [-0.2, 0) is 16.0 Å². The van der Waals surface area contributed by atoms with Gasteiger partial charge in [0.25, 0.3) is 0 Å². The van der Waals surface area contributed by atoms with Crippen molar-refractivity contribution in [1.29, 1.82) is 0 Å². The number of phenols is 1. The Hall–Kier alpha value is -3.23. The van der Waals surface area contributed by atoms with Crippen molar-refractivity contribution < 1.29 is 34.8 Å². The third-order valence-corrected chi connectivity index (χ3v) is 8.09. The van der Waals surface area contributed by atoms with Crippen LogP contribution < -0.4 is 0 Å². The highest BCUT2D eigenvalue weighted by Crippen LogP contribution is 2.52. The molecule has 8 heteroatoms. The summed E-state index contributed by atoms with van der Waals surface area (Å²) in [4.78, 5) is 40.6. The Kier molecular flexibility index (Phi) is 4.67. The van der Waals surface area contributed by atoms with Crippen LogP contribution in [-0.4, -0.2) is 43.4 Å². The minimum Gasteiger partial charge on any atom is -0.511 e. The Balaban J connectivity index is 1.69. The number of carbonyl (C=O) groups excluding carboxylic acids is 3. The van der Waals surface area contributed by atoms with E-state index in [1.165, 1.54) is 6.07 Å². The molecule has 0 saturated carbocycles. The predicted molar refractivity (Wildman–Crippen MR) is 120 cm³/mol. The number of ketones is 3. The summed E-state index contributed by atoms with van der Waals surface area (Å²) in [5.41, 5.74) is -1.62. The second kappa shape index (κ2) is 7.13. The minimum atomic E-state index is -2.47. The number of hydrogen-bond donors (Lipinski definition) is 4. The molecule has 0 fully saturated rings. The molecular weight excluding hydrogens is 444 g/mol. The van der Waals surface area contributed by atoms with E-state index < -0.39 is 51.9 Å². The number of aromatic hydroxyl groups is 1. The lowest BCUT2D eigenvalue weighted by molar-refractivity contribution is -0.144. The van der Waals surface area contributed by atoms with Crippen LogP contribution in [0.2, 0.25) is 0 Å². The van der Waals surface area contributed by atoms with Gasteiger partial charge >= 0.3 is 0 Å². The number of rotatable bonds is 2. The maximum absolute atomic E-state index is 13.5. The molecule has 0 amide bonds. The van der Waals surface area contributed by atoms with E-state index in [1.54, 1.807) is 17.4 Å². The summed E-state index contributed by atoms with van der Waals surface area (Å²) in [5.74, 6) is -5.31. The number of hydrogen-bond acceptors (Lipinski definition) is 8. The fourth-order valence-corrected chi connectivity index (χ4v) is 6.46. The molecule has 0 radical (unpaired) electrons. The number of allylic oxidation sites excluding steroid dienone is 2. The Bertz CT molecular complexity index is 1330. The van der Waals surface area contributed by atoms with E-state index >= 15 is 0 Å². The van der Waals surface area contributed by atoms with E-state index in [0.29, 0.717) is 12.0 Å². The van der Waals surface area contributed by atoms with Crippen LogP contribution in [0.5, 0.6) is 5.75 Å². The topological polar surface area (TPSA) is 132 Å². The first-order chi connectivity index (χ1) is 15.6. The zero-order chi connectivity index (χ0) is 23.8. The monoisotopic (exact) mass is 466 g/mol. The molecule has 0 spiro atoms. The van der Waals surface area contributed by atoms with Crippen LogP contribution in [0.15, 0.2) is 46.9 Å². The third kappa shape index (κ3) is 2.87. The van der Waals surface area contributed by atoms with Gasteiger partial charge in [-0.15, -0.1) is 11.3 Å². The average molecular weight is 467 g/mol. The van der Waals surface area contributed by atoms with Crippen LogP contribution in [0.25, 0.3) is 10.4 Å². The molecule has 33 heavy (non-hydrogen) atoms. The number of fused-ring (bicyclic) bond motifs is 3. The summed E-state index contributed by atoms with van der Waals surface area (Å²) in [6.45, 7) is 3.07. The van der Waals surface area contributed by atoms with Gasteiger partial charge in [0.2, 0.25) is 5.78 Å². The van der Waals surface area contributed by atoms with E-state index in [2.05, 4.69) is 0 Å². The van der Waals surface area contributed by atoms with E-state index in [4.69, 9.17) is 0 Å². The second-order valence-electron chi connectivity index (χ2n) is 9.00. The van der Waals surface area contributed by atoms with E-state index in [-0.39, 0.29) is 29.7 Å². The van der Waals surface area contributed by atoms with Crippen LogP contribution in [0.4, 0.5) is 0 Å². The van der Waals surface area contributed by atoms with Gasteiger partial charge in [0.1, 0.15) is 22.8 Å². The molecule has 0 unspecified atom stereocenters. The van der Waals surface area contributed by atoms with Gasteiger partial charge < -0.3 is 20.4 Å². The summed E-state index contributed by atoms with van der Waals surface area (Å²) in [6.07, 6.45) is 0.301. The van der Waals surface area contributed by atoms with E-state index in [9.17, 15) is 34.8 Å². The lowest BCUT2D eigenvalue weighted by Gasteiger charge is -2.45. The summed E-state index contributed by atoms with van der Waals surface area (Å²) in [6, 6.07) is 7.11. The lowest BCUT2D eigenvalue weighted by Crippen LogP contribution is -2.56. The number of aliphatic hydroxyl groups excluding tert-OH is 2. The molecule has 3 aliphatic carbocycles. The smallest absolute Gasteiger partial charge is 0.209 e. The molecule has 0 saturated heterocycles. The third-order valence-electron chi connectivity index (χ3n) is 7.06. The van der Waals surface area contributed by atoms with Crippen LogP contribution >= 0.6 is 11.3 Å². The van der Waals surface area contributed by atoms with E-state index in [1.807, 2.05) is 19.1 Å². The first kappa shape index (κ1) is 21.6. The van der Waals surface area contributed by atoms with Gasteiger partial charge in [-0.3, -0.25) is 14.4 Å². The van der Waals surface area contributed by atoms with Crippen LogP contribution in [0.3, 0.4) is 0 Å². The minimum absolute atomic E-state index is 0.0480. The van der Waals surface area contributed by atoms with Gasteiger partial charge in [-0.1, -0.05) is 0 Å². The summed E-state index contributed by atoms with van der Waals surface area (Å²) in [7, 11) is 0. The highest BCUT2D eigenvalue weighted by molar-refractivity contribution is 7.15. The molecule has 0 aliphatic heterocycles. The zero-order valence-electron chi connectivity index (χ0n) is 18.0. The van der Waals surface area contributed by atoms with Crippen molar-refractivity contribution in [2.45, 2.75) is 38.7 Å². The van der Waals surface area contributed by atoms with Crippen molar-refractivity contribution in [3.63, 3.8) is 0 Å². The molecule has 3 atom stereocenters. The van der Waals surface area contributed by atoms with Crippen molar-refractivity contribution in [2.24, 2.45) is 11.8 Å². The van der Waals surface area contributed by atoms with Gasteiger partial charge in [0.05, 0.1) is 5.56 Å². The average Bonchev–Trinajstić information content (AvgIpc) is 3.16. The summed E-state index contributed by atoms with van der Waals surface area (Å²) in [5, 5.41) is 43.3. The van der Waals surface area contributed by atoms with Crippen molar-refractivity contribution in [1.82, 2.24) is 0 Å². The number of aryl methyl sites for hydroxylation is 1. The molecule has 2 aromatic rings. The van der Waals surface area contributed by atoms with Gasteiger partial charge in [0.15, 0.2) is 17.2 Å². The standard InChI is InChI=1S/C25H22O7S/c1-10-3-6-18(33-10)14-4-5-16(27)21-15(14)8-12-7-13-9-17(28)19(11(2)26)23(30)25(13,32)24(31)20(12)22(21)29/h3-6,12-13,27-28,31-32H,7-9H2,1-2H3/t12-,13+,25-/m1/s1. The largest absolute Gasteiger partial charge is 0.511 e. The highest BCUT2D eigenvalue weighted by atomic mass is 32.1. The van der Waals surface area contributed by atoms with E-state index in [0.717, 1.165) is 22.2 Å². The molecule has 5 rings (SSSR count).